The van der Waals surface area contributed by atoms with E-state index in [2.05, 4.69) is 237 Å². The van der Waals surface area contributed by atoms with Crippen LogP contribution in [0.15, 0.2) is 237 Å². The van der Waals surface area contributed by atoms with Crippen molar-refractivity contribution in [3.05, 3.63) is 237 Å². The molecule has 10 rings (SSSR count). The van der Waals surface area contributed by atoms with E-state index in [1.54, 1.807) is 0 Å². The van der Waals surface area contributed by atoms with E-state index in [0.29, 0.717) is 17.5 Å². The normalized spacial score (nSPS) is 11.0. The van der Waals surface area contributed by atoms with Crippen molar-refractivity contribution in [2.75, 3.05) is 0 Å². The van der Waals surface area contributed by atoms with E-state index in [4.69, 9.17) is 15.0 Å². The Morgan fingerprint density at radius 3 is 0.533 bits per heavy atom. The Morgan fingerprint density at radius 1 is 0.150 bits per heavy atom. The molecule has 0 N–H and O–H groups in total. The quantitative estimate of drug-likeness (QED) is 0.147. The molecule has 0 unspecified atom stereocenters. The molecule has 0 aliphatic carbocycles. The van der Waals surface area contributed by atoms with Crippen LogP contribution in [-0.2, 0) is 0 Å². The van der Waals surface area contributed by atoms with Crippen molar-refractivity contribution in [2.24, 2.45) is 0 Å². The van der Waals surface area contributed by atoms with Gasteiger partial charge >= 0.3 is 0 Å². The molecule has 0 aliphatic rings. The predicted octanol–water partition coefficient (Wildman–Crippen LogP) is 14.9. The minimum atomic E-state index is 0.620. The number of aromatic nitrogens is 3. The first-order valence-corrected chi connectivity index (χ1v) is 20.3. The maximum absolute atomic E-state index is 5.12. The predicted molar refractivity (Wildman–Crippen MR) is 249 cm³/mol. The van der Waals surface area contributed by atoms with Crippen LogP contribution in [0.5, 0.6) is 0 Å². The topological polar surface area (TPSA) is 38.7 Å². The van der Waals surface area contributed by atoms with Gasteiger partial charge in [-0.1, -0.05) is 237 Å². The van der Waals surface area contributed by atoms with Gasteiger partial charge < -0.3 is 0 Å². The molecule has 10 aromatic rings. The molecule has 1 aromatic heterocycles. The number of benzene rings is 9. The van der Waals surface area contributed by atoms with Crippen LogP contribution < -0.4 is 0 Å². The molecule has 0 spiro atoms. The summed E-state index contributed by atoms with van der Waals surface area (Å²) in [4.78, 5) is 15.4. The largest absolute Gasteiger partial charge is 0.208 e. The maximum atomic E-state index is 5.12. The van der Waals surface area contributed by atoms with Gasteiger partial charge in [0.05, 0.1) is 0 Å². The Hall–Kier alpha value is -8.01. The van der Waals surface area contributed by atoms with Crippen LogP contribution in [-0.4, -0.2) is 15.0 Å². The molecule has 3 nitrogen and oxygen atoms in total. The molecule has 0 aliphatic heterocycles. The summed E-state index contributed by atoms with van der Waals surface area (Å²) in [6.07, 6.45) is 0. The first kappa shape index (κ1) is 36.3. The van der Waals surface area contributed by atoms with Crippen LogP contribution in [0, 0.1) is 0 Å². The highest BCUT2D eigenvalue weighted by Gasteiger charge is 2.16. The first-order valence-electron chi connectivity index (χ1n) is 20.3. The first-order chi connectivity index (χ1) is 29.7. The van der Waals surface area contributed by atoms with Gasteiger partial charge in [-0.25, -0.2) is 15.0 Å². The van der Waals surface area contributed by atoms with Crippen molar-refractivity contribution in [3.63, 3.8) is 0 Å². The molecule has 0 amide bonds. The van der Waals surface area contributed by atoms with Gasteiger partial charge in [0.1, 0.15) is 0 Å². The molecular weight excluding hydrogens is 727 g/mol. The summed E-state index contributed by atoms with van der Waals surface area (Å²) in [6.45, 7) is 0. The second kappa shape index (κ2) is 16.5. The van der Waals surface area contributed by atoms with Gasteiger partial charge in [0.25, 0.3) is 0 Å². The molecule has 0 bridgehead atoms. The summed E-state index contributed by atoms with van der Waals surface area (Å²) in [5.74, 6) is 1.86. The molecule has 0 saturated heterocycles. The smallest absolute Gasteiger partial charge is 0.164 e. The average molecular weight is 766 g/mol. The fraction of sp³-hybridized carbons (Fsp3) is 0. The minimum absolute atomic E-state index is 0.620. The molecule has 9 aromatic carbocycles. The van der Waals surface area contributed by atoms with Gasteiger partial charge in [-0.2, -0.15) is 0 Å². The van der Waals surface area contributed by atoms with Gasteiger partial charge in [-0.15, -0.1) is 0 Å². The van der Waals surface area contributed by atoms with Crippen LogP contribution in [0.4, 0.5) is 0 Å². The van der Waals surface area contributed by atoms with Crippen LogP contribution >= 0.6 is 0 Å². The van der Waals surface area contributed by atoms with Crippen molar-refractivity contribution >= 4 is 0 Å². The summed E-state index contributed by atoms with van der Waals surface area (Å²) in [6, 6.07) is 82.9. The highest BCUT2D eigenvalue weighted by atomic mass is 15.0. The van der Waals surface area contributed by atoms with E-state index >= 15 is 0 Å². The highest BCUT2D eigenvalue weighted by Crippen LogP contribution is 2.37. The summed E-state index contributed by atoms with van der Waals surface area (Å²) >= 11 is 0. The number of hydrogen-bond donors (Lipinski definition) is 0. The molecule has 60 heavy (non-hydrogen) atoms. The van der Waals surface area contributed by atoms with Crippen LogP contribution in [0.1, 0.15) is 0 Å². The van der Waals surface area contributed by atoms with Gasteiger partial charge in [0.15, 0.2) is 17.5 Å². The Kier molecular flexibility index (Phi) is 9.97. The second-order valence-electron chi connectivity index (χ2n) is 14.8. The average Bonchev–Trinajstić information content (AvgIpc) is 3.35. The number of hydrogen-bond acceptors (Lipinski definition) is 3. The van der Waals surface area contributed by atoms with Crippen molar-refractivity contribution in [1.82, 2.24) is 15.0 Å². The Balaban J connectivity index is 1.04. The Bertz CT molecular complexity index is 2690. The lowest BCUT2D eigenvalue weighted by Crippen LogP contribution is -2.00. The third-order valence-electron chi connectivity index (χ3n) is 11.0. The second-order valence-corrected chi connectivity index (χ2v) is 14.8. The molecule has 0 atom stereocenters. The summed E-state index contributed by atoms with van der Waals surface area (Å²) in [7, 11) is 0. The fourth-order valence-corrected chi connectivity index (χ4v) is 7.97. The fourth-order valence-electron chi connectivity index (χ4n) is 7.97. The monoisotopic (exact) mass is 765 g/mol. The lowest BCUT2D eigenvalue weighted by atomic mass is 9.94. The van der Waals surface area contributed by atoms with Crippen LogP contribution in [0.25, 0.3) is 101 Å². The van der Waals surface area contributed by atoms with Crippen molar-refractivity contribution < 1.29 is 0 Å². The molecule has 3 heteroatoms. The molecule has 0 radical (unpaired) electrons. The highest BCUT2D eigenvalue weighted by molar-refractivity contribution is 5.87. The third kappa shape index (κ3) is 7.44. The zero-order valence-electron chi connectivity index (χ0n) is 32.9. The van der Waals surface area contributed by atoms with Crippen LogP contribution in [0.2, 0.25) is 0 Å². The Labute approximate surface area is 351 Å². The summed E-state index contributed by atoms with van der Waals surface area (Å²) in [5.41, 5.74) is 16.8. The molecule has 282 valence electrons. The zero-order valence-corrected chi connectivity index (χ0v) is 32.9. The Morgan fingerprint density at radius 2 is 0.317 bits per heavy atom. The zero-order chi connectivity index (χ0) is 40.1. The van der Waals surface area contributed by atoms with E-state index in [9.17, 15) is 0 Å². The third-order valence-corrected chi connectivity index (χ3v) is 11.0. The van der Waals surface area contributed by atoms with Gasteiger partial charge in [0, 0.05) is 16.7 Å². The van der Waals surface area contributed by atoms with E-state index in [-0.39, 0.29) is 0 Å². The lowest BCUT2D eigenvalue weighted by molar-refractivity contribution is 1.07. The van der Waals surface area contributed by atoms with Crippen LogP contribution in [0.3, 0.4) is 0 Å². The minimum Gasteiger partial charge on any atom is -0.208 e. The summed E-state index contributed by atoms with van der Waals surface area (Å²) in [5, 5.41) is 0. The molecular formula is C57H39N3. The van der Waals surface area contributed by atoms with E-state index in [0.717, 1.165) is 33.4 Å². The SMILES string of the molecule is c1ccc(-c2ccccc2-c2ccc(-c3nc(-c4ccc(-c5ccccc5-c5ccccc5)cc4)nc(-c4ccc(-c5ccccc5-c5ccccc5)cc4)n3)cc2)cc1. The van der Waals surface area contributed by atoms with Crippen molar-refractivity contribution in [3.8, 4) is 101 Å². The van der Waals surface area contributed by atoms with Crippen molar-refractivity contribution in [1.29, 1.82) is 0 Å². The van der Waals surface area contributed by atoms with Crippen molar-refractivity contribution in [2.45, 2.75) is 0 Å². The van der Waals surface area contributed by atoms with Gasteiger partial charge in [0.2, 0.25) is 0 Å². The van der Waals surface area contributed by atoms with Gasteiger partial charge in [-0.3, -0.25) is 0 Å². The standard InChI is InChI=1S/C57H39N3/c1-4-16-40(17-5-1)49-22-10-13-25-52(49)43-28-34-46(35-29-43)55-58-56(47-36-30-44(31-37-47)53-26-14-11-23-50(53)41-18-6-2-7-19-41)60-57(59-55)48-38-32-45(33-39-48)54-27-15-12-24-51(54)42-20-8-3-9-21-42/h1-39H. The molecule has 1 heterocycles. The number of rotatable bonds is 9. The maximum Gasteiger partial charge on any atom is 0.164 e. The van der Waals surface area contributed by atoms with E-state index in [1.165, 1.54) is 50.1 Å². The lowest BCUT2D eigenvalue weighted by Gasteiger charge is -2.13. The van der Waals surface area contributed by atoms with Gasteiger partial charge in [-0.05, 0) is 66.8 Å². The summed E-state index contributed by atoms with van der Waals surface area (Å²) < 4.78 is 0. The number of nitrogens with zero attached hydrogens (tertiary/aromatic N) is 3. The molecule has 0 fully saturated rings. The van der Waals surface area contributed by atoms with E-state index in [1.807, 2.05) is 0 Å². The van der Waals surface area contributed by atoms with E-state index < -0.39 is 0 Å². The molecule has 0 saturated carbocycles.